The molecule has 0 aliphatic carbocycles. The molecule has 1 unspecified atom stereocenters. The van der Waals surface area contributed by atoms with E-state index in [0.717, 1.165) is 11.1 Å². The highest BCUT2D eigenvalue weighted by Gasteiger charge is 2.31. The fourth-order valence-electron chi connectivity index (χ4n) is 2.85. The van der Waals surface area contributed by atoms with Crippen LogP contribution in [0.25, 0.3) is 0 Å². The third kappa shape index (κ3) is 3.84. The molecule has 1 heterocycles. The molecule has 3 rings (SSSR count). The van der Waals surface area contributed by atoms with Gasteiger partial charge in [-0.2, -0.15) is 0 Å². The monoisotopic (exact) mass is 389 g/mol. The number of aryl methyl sites for hydroxylation is 1. The smallest absolute Gasteiger partial charge is 0.319 e. The van der Waals surface area contributed by atoms with Gasteiger partial charge in [0, 0.05) is 21.4 Å². The number of allylic oxidation sites excluding steroid dienone is 1. The molecule has 26 heavy (non-hydrogen) atoms. The minimum absolute atomic E-state index is 0.328. The molecule has 5 nitrogen and oxygen atoms in total. The zero-order valence-corrected chi connectivity index (χ0v) is 15.7. The van der Waals surface area contributed by atoms with Crippen LogP contribution in [0.2, 0.25) is 10.0 Å². The zero-order valence-electron chi connectivity index (χ0n) is 14.2. The highest BCUT2D eigenvalue weighted by molar-refractivity contribution is 6.31. The molecule has 0 saturated heterocycles. The van der Waals surface area contributed by atoms with E-state index in [9.17, 15) is 9.59 Å². The van der Waals surface area contributed by atoms with Crippen LogP contribution in [0.3, 0.4) is 0 Å². The third-order valence-electron chi connectivity index (χ3n) is 4.14. The van der Waals surface area contributed by atoms with Gasteiger partial charge >= 0.3 is 6.03 Å². The molecule has 3 N–H and O–H groups in total. The Bertz CT molecular complexity index is 925. The Kier molecular flexibility index (Phi) is 5.20. The van der Waals surface area contributed by atoms with E-state index >= 15 is 0 Å². The Morgan fingerprint density at radius 2 is 1.81 bits per heavy atom. The quantitative estimate of drug-likeness (QED) is 0.719. The van der Waals surface area contributed by atoms with Crippen molar-refractivity contribution in [2.45, 2.75) is 19.9 Å². The first-order valence-electron chi connectivity index (χ1n) is 7.96. The molecule has 0 spiro atoms. The van der Waals surface area contributed by atoms with E-state index in [1.165, 1.54) is 0 Å². The molecule has 0 fully saturated rings. The number of anilines is 1. The number of carbonyl (C=O) groups is 2. The average molecular weight is 390 g/mol. The molecule has 2 aromatic rings. The predicted octanol–water partition coefficient (Wildman–Crippen LogP) is 4.57. The summed E-state index contributed by atoms with van der Waals surface area (Å²) < 4.78 is 0. The zero-order chi connectivity index (χ0) is 18.8. The number of rotatable bonds is 3. The summed E-state index contributed by atoms with van der Waals surface area (Å²) in [5.41, 5.74) is 3.11. The molecular formula is C19H17Cl2N3O2. The van der Waals surface area contributed by atoms with E-state index in [2.05, 4.69) is 16.0 Å². The van der Waals surface area contributed by atoms with Gasteiger partial charge in [0.25, 0.3) is 5.91 Å². The van der Waals surface area contributed by atoms with Gasteiger partial charge in [-0.25, -0.2) is 4.79 Å². The van der Waals surface area contributed by atoms with Gasteiger partial charge in [0.05, 0.1) is 11.6 Å². The second-order valence-corrected chi connectivity index (χ2v) is 6.91. The van der Waals surface area contributed by atoms with Gasteiger partial charge in [-0.05, 0) is 49.2 Å². The van der Waals surface area contributed by atoms with Crippen molar-refractivity contribution < 1.29 is 9.59 Å². The van der Waals surface area contributed by atoms with Crippen LogP contribution in [0.15, 0.2) is 53.7 Å². The third-order valence-corrected chi connectivity index (χ3v) is 4.61. The molecule has 1 aliphatic rings. The van der Waals surface area contributed by atoms with E-state index in [-0.39, 0.29) is 11.9 Å². The summed E-state index contributed by atoms with van der Waals surface area (Å²) in [5.74, 6) is -0.328. The van der Waals surface area contributed by atoms with Crippen molar-refractivity contribution in [2.24, 2.45) is 0 Å². The van der Waals surface area contributed by atoms with Gasteiger partial charge in [0.15, 0.2) is 0 Å². The molecule has 3 amide bonds. The molecule has 0 radical (unpaired) electrons. The number of hydrogen-bond acceptors (Lipinski definition) is 2. The molecule has 0 saturated carbocycles. The number of halogens is 2. The number of benzene rings is 2. The van der Waals surface area contributed by atoms with Crippen molar-refractivity contribution in [3.63, 3.8) is 0 Å². The molecular weight excluding hydrogens is 373 g/mol. The van der Waals surface area contributed by atoms with E-state index in [4.69, 9.17) is 23.2 Å². The lowest BCUT2D eigenvalue weighted by Gasteiger charge is -2.29. The fraction of sp³-hybridized carbons (Fsp3) is 0.158. The second-order valence-electron chi connectivity index (χ2n) is 6.04. The van der Waals surface area contributed by atoms with Crippen LogP contribution in [0.1, 0.15) is 24.1 Å². The lowest BCUT2D eigenvalue weighted by Crippen LogP contribution is -2.46. The molecule has 1 aliphatic heterocycles. The van der Waals surface area contributed by atoms with Crippen molar-refractivity contribution in [3.8, 4) is 0 Å². The summed E-state index contributed by atoms with van der Waals surface area (Å²) >= 11 is 12.1. The Balaban J connectivity index is 1.98. The normalized spacial score (nSPS) is 16.8. The summed E-state index contributed by atoms with van der Waals surface area (Å²) in [7, 11) is 0. The van der Waals surface area contributed by atoms with Crippen LogP contribution in [-0.2, 0) is 4.79 Å². The van der Waals surface area contributed by atoms with Gasteiger partial charge in [-0.3, -0.25) is 4.79 Å². The predicted molar refractivity (Wildman–Crippen MR) is 103 cm³/mol. The topological polar surface area (TPSA) is 70.2 Å². The Morgan fingerprint density at radius 3 is 2.54 bits per heavy atom. The van der Waals surface area contributed by atoms with Crippen molar-refractivity contribution in [1.82, 2.24) is 10.6 Å². The second kappa shape index (κ2) is 7.40. The summed E-state index contributed by atoms with van der Waals surface area (Å²) in [6, 6.07) is 11.3. The molecule has 0 aromatic heterocycles. The van der Waals surface area contributed by atoms with Gasteiger partial charge < -0.3 is 16.0 Å². The van der Waals surface area contributed by atoms with Gasteiger partial charge in [-0.15, -0.1) is 0 Å². The molecule has 2 aromatic carbocycles. The number of nitrogens with one attached hydrogen (secondary N) is 3. The Hall–Kier alpha value is -2.50. The van der Waals surface area contributed by atoms with Crippen molar-refractivity contribution >= 4 is 40.8 Å². The van der Waals surface area contributed by atoms with Crippen molar-refractivity contribution in [3.05, 3.63) is 74.9 Å². The molecule has 134 valence electrons. The van der Waals surface area contributed by atoms with Gasteiger partial charge in [0.1, 0.15) is 0 Å². The average Bonchev–Trinajstić information content (AvgIpc) is 2.57. The first kappa shape index (κ1) is 18.3. The van der Waals surface area contributed by atoms with Crippen LogP contribution >= 0.6 is 23.2 Å². The van der Waals surface area contributed by atoms with E-state index in [1.807, 2.05) is 19.1 Å². The highest BCUT2D eigenvalue weighted by atomic mass is 35.5. The number of amides is 3. The lowest BCUT2D eigenvalue weighted by atomic mass is 9.94. The molecule has 7 heteroatoms. The van der Waals surface area contributed by atoms with E-state index < -0.39 is 6.04 Å². The highest BCUT2D eigenvalue weighted by Crippen LogP contribution is 2.30. The maximum Gasteiger partial charge on any atom is 0.319 e. The molecule has 1 atom stereocenters. The summed E-state index contributed by atoms with van der Waals surface area (Å²) in [6.07, 6.45) is 0. The van der Waals surface area contributed by atoms with Crippen LogP contribution in [0.5, 0.6) is 0 Å². The first-order valence-corrected chi connectivity index (χ1v) is 8.72. The fourth-order valence-corrected chi connectivity index (χ4v) is 3.22. The number of hydrogen-bond donors (Lipinski definition) is 3. The maximum atomic E-state index is 13.0. The Labute approximate surface area is 161 Å². The standard InChI is InChI=1S/C19H17Cl2N3O2/c1-10-6-7-14(21)9-15(10)23-18(25)16-11(2)22-19(26)24-17(16)12-4-3-5-13(20)8-12/h3-9,17H,1-2H3,(H,23,25)(H2,22,24,26). The van der Waals surface area contributed by atoms with E-state index in [0.29, 0.717) is 27.0 Å². The lowest BCUT2D eigenvalue weighted by molar-refractivity contribution is -0.113. The van der Waals surface area contributed by atoms with Gasteiger partial charge in [-0.1, -0.05) is 41.4 Å². The van der Waals surface area contributed by atoms with Crippen LogP contribution in [-0.4, -0.2) is 11.9 Å². The van der Waals surface area contributed by atoms with Crippen molar-refractivity contribution in [2.75, 3.05) is 5.32 Å². The minimum atomic E-state index is -0.609. The van der Waals surface area contributed by atoms with E-state index in [1.54, 1.807) is 37.3 Å². The minimum Gasteiger partial charge on any atom is -0.327 e. The van der Waals surface area contributed by atoms with Crippen molar-refractivity contribution in [1.29, 1.82) is 0 Å². The van der Waals surface area contributed by atoms with Crippen LogP contribution in [0.4, 0.5) is 10.5 Å². The largest absolute Gasteiger partial charge is 0.327 e. The first-order chi connectivity index (χ1) is 12.3. The maximum absolute atomic E-state index is 13.0. The number of urea groups is 1. The SMILES string of the molecule is CC1=C(C(=O)Nc2cc(Cl)ccc2C)C(c2cccc(Cl)c2)NC(=O)N1. The summed E-state index contributed by atoms with van der Waals surface area (Å²) in [6.45, 7) is 3.57. The van der Waals surface area contributed by atoms with Gasteiger partial charge in [0.2, 0.25) is 0 Å². The Morgan fingerprint density at radius 1 is 1.08 bits per heavy atom. The number of carbonyl (C=O) groups excluding carboxylic acids is 2. The summed E-state index contributed by atoms with van der Waals surface area (Å²) in [4.78, 5) is 24.9. The van der Waals surface area contributed by atoms with Crippen LogP contribution < -0.4 is 16.0 Å². The summed E-state index contributed by atoms with van der Waals surface area (Å²) in [5, 5.41) is 9.35. The van der Waals surface area contributed by atoms with Crippen LogP contribution in [0, 0.1) is 6.92 Å². The molecule has 0 bridgehead atoms.